The number of anilines is 1. The van der Waals surface area contributed by atoms with Crippen LogP contribution in [0.3, 0.4) is 0 Å². The Morgan fingerprint density at radius 3 is 2.95 bits per heavy atom. The predicted octanol–water partition coefficient (Wildman–Crippen LogP) is 1.87. The van der Waals surface area contributed by atoms with Gasteiger partial charge in [-0.15, -0.1) is 0 Å². The Balaban J connectivity index is 2.09. The van der Waals surface area contributed by atoms with Gasteiger partial charge >= 0.3 is 0 Å². The van der Waals surface area contributed by atoms with Gasteiger partial charge in [0.25, 0.3) is 5.69 Å². The molecule has 0 aliphatic carbocycles. The summed E-state index contributed by atoms with van der Waals surface area (Å²) in [7, 11) is 0. The molecule has 0 radical (unpaired) electrons. The van der Waals surface area contributed by atoms with E-state index >= 15 is 0 Å². The molecule has 2 rings (SSSR count). The fourth-order valence-electron chi connectivity index (χ4n) is 1.84. The maximum absolute atomic E-state index is 13.3. The van der Waals surface area contributed by atoms with Crippen molar-refractivity contribution in [2.24, 2.45) is 0 Å². The highest BCUT2D eigenvalue weighted by Crippen LogP contribution is 2.27. The minimum atomic E-state index is -0.608. The van der Waals surface area contributed by atoms with Crippen molar-refractivity contribution in [2.45, 2.75) is 13.0 Å². The molecule has 1 N–H and O–H groups in total. The summed E-state index contributed by atoms with van der Waals surface area (Å²) in [5, 5.41) is 13.8. The number of nitrogens with one attached hydrogen (secondary N) is 1. The van der Waals surface area contributed by atoms with Crippen LogP contribution in [0.5, 0.6) is 0 Å². The van der Waals surface area contributed by atoms with Crippen molar-refractivity contribution in [3.05, 3.63) is 33.6 Å². The van der Waals surface area contributed by atoms with E-state index in [0.29, 0.717) is 31.9 Å². The standard InChI is InChI=1S/C12H15FN2O4/c1-8-4-11(12(15(16)17)5-10(8)13)14-6-9-7-18-2-3-19-9/h4-5,9,14H,2-3,6-7H2,1H3. The van der Waals surface area contributed by atoms with Gasteiger partial charge in [0, 0.05) is 6.54 Å². The number of halogens is 1. The molecule has 1 atom stereocenters. The Hall–Kier alpha value is -1.73. The molecular formula is C12H15FN2O4. The number of hydrogen-bond acceptors (Lipinski definition) is 5. The summed E-state index contributed by atoms with van der Waals surface area (Å²) in [5.74, 6) is -0.588. The highest BCUT2D eigenvalue weighted by Gasteiger charge is 2.19. The quantitative estimate of drug-likeness (QED) is 0.668. The Morgan fingerprint density at radius 1 is 1.53 bits per heavy atom. The molecule has 6 nitrogen and oxygen atoms in total. The third-order valence-electron chi connectivity index (χ3n) is 2.88. The molecule has 1 saturated heterocycles. The molecule has 0 spiro atoms. The Morgan fingerprint density at radius 2 is 2.32 bits per heavy atom. The summed E-state index contributed by atoms with van der Waals surface area (Å²) in [6.07, 6.45) is -0.154. The van der Waals surface area contributed by atoms with Gasteiger partial charge in [0.05, 0.1) is 36.9 Å². The van der Waals surface area contributed by atoms with E-state index in [0.717, 1.165) is 6.07 Å². The average Bonchev–Trinajstić information content (AvgIpc) is 2.40. The second-order valence-electron chi connectivity index (χ2n) is 4.32. The third kappa shape index (κ3) is 3.39. The van der Waals surface area contributed by atoms with Gasteiger partial charge in [-0.3, -0.25) is 10.1 Å². The second-order valence-corrected chi connectivity index (χ2v) is 4.32. The first kappa shape index (κ1) is 13.7. The van der Waals surface area contributed by atoms with Crippen molar-refractivity contribution in [1.82, 2.24) is 0 Å². The highest BCUT2D eigenvalue weighted by atomic mass is 19.1. The fourth-order valence-corrected chi connectivity index (χ4v) is 1.84. The molecule has 1 heterocycles. The Bertz CT molecular complexity index is 475. The van der Waals surface area contributed by atoms with Crippen LogP contribution in [0.25, 0.3) is 0 Å². The number of benzene rings is 1. The van der Waals surface area contributed by atoms with Crippen LogP contribution in [0.4, 0.5) is 15.8 Å². The van der Waals surface area contributed by atoms with Gasteiger partial charge in [-0.2, -0.15) is 0 Å². The van der Waals surface area contributed by atoms with Crippen LogP contribution in [0.1, 0.15) is 5.56 Å². The topological polar surface area (TPSA) is 73.6 Å². The molecule has 0 amide bonds. The largest absolute Gasteiger partial charge is 0.377 e. The summed E-state index contributed by atoms with van der Waals surface area (Å²) >= 11 is 0. The number of rotatable bonds is 4. The Labute approximate surface area is 109 Å². The van der Waals surface area contributed by atoms with Gasteiger partial charge < -0.3 is 14.8 Å². The van der Waals surface area contributed by atoms with Crippen molar-refractivity contribution in [3.63, 3.8) is 0 Å². The SMILES string of the molecule is Cc1cc(NCC2COCCO2)c([N+](=O)[O-])cc1F. The first-order valence-electron chi connectivity index (χ1n) is 5.95. The zero-order chi connectivity index (χ0) is 13.8. The molecule has 0 saturated carbocycles. The van der Waals surface area contributed by atoms with E-state index in [-0.39, 0.29) is 17.5 Å². The normalized spacial score (nSPS) is 19.2. The summed E-state index contributed by atoms with van der Waals surface area (Å²) in [6, 6.07) is 2.35. The van der Waals surface area contributed by atoms with Crippen LogP contribution in [-0.2, 0) is 9.47 Å². The number of ether oxygens (including phenoxy) is 2. The van der Waals surface area contributed by atoms with Gasteiger partial charge in [-0.25, -0.2) is 4.39 Å². The van der Waals surface area contributed by atoms with E-state index < -0.39 is 10.7 Å². The van der Waals surface area contributed by atoms with E-state index in [9.17, 15) is 14.5 Å². The van der Waals surface area contributed by atoms with Crippen LogP contribution in [-0.4, -0.2) is 37.4 Å². The van der Waals surface area contributed by atoms with Crippen molar-refractivity contribution >= 4 is 11.4 Å². The number of nitro benzene ring substituents is 1. The van der Waals surface area contributed by atoms with Crippen LogP contribution in [0, 0.1) is 22.9 Å². The lowest BCUT2D eigenvalue weighted by atomic mass is 10.1. The maximum atomic E-state index is 13.3. The van der Waals surface area contributed by atoms with Crippen LogP contribution >= 0.6 is 0 Å². The van der Waals surface area contributed by atoms with Crippen molar-refractivity contribution in [1.29, 1.82) is 0 Å². The second kappa shape index (κ2) is 5.94. The van der Waals surface area contributed by atoms with Crippen molar-refractivity contribution < 1.29 is 18.8 Å². The predicted molar refractivity (Wildman–Crippen MR) is 66.8 cm³/mol. The molecule has 1 aliphatic rings. The van der Waals surface area contributed by atoms with Gasteiger partial charge in [-0.1, -0.05) is 0 Å². The maximum Gasteiger partial charge on any atom is 0.295 e. The summed E-state index contributed by atoms with van der Waals surface area (Å²) in [6.45, 7) is 3.46. The summed E-state index contributed by atoms with van der Waals surface area (Å²) in [5.41, 5.74) is 0.367. The monoisotopic (exact) mass is 270 g/mol. The van der Waals surface area contributed by atoms with E-state index in [1.165, 1.54) is 6.07 Å². The van der Waals surface area contributed by atoms with Gasteiger partial charge in [0.1, 0.15) is 11.5 Å². The van der Waals surface area contributed by atoms with E-state index in [4.69, 9.17) is 9.47 Å². The van der Waals surface area contributed by atoms with E-state index in [1.807, 2.05) is 0 Å². The zero-order valence-corrected chi connectivity index (χ0v) is 10.5. The van der Waals surface area contributed by atoms with Crippen LogP contribution in [0.15, 0.2) is 12.1 Å². The molecular weight excluding hydrogens is 255 g/mol. The van der Waals surface area contributed by atoms with Crippen LogP contribution in [0.2, 0.25) is 0 Å². The average molecular weight is 270 g/mol. The minimum absolute atomic E-state index is 0.154. The van der Waals surface area contributed by atoms with E-state index in [1.54, 1.807) is 6.92 Å². The lowest BCUT2D eigenvalue weighted by Gasteiger charge is -2.23. The molecule has 0 bridgehead atoms. The molecule has 1 fully saturated rings. The molecule has 104 valence electrons. The highest BCUT2D eigenvalue weighted by molar-refractivity contribution is 5.63. The first-order chi connectivity index (χ1) is 9.08. The molecule has 0 aromatic heterocycles. The molecule has 1 aromatic rings. The first-order valence-corrected chi connectivity index (χ1v) is 5.95. The van der Waals surface area contributed by atoms with Gasteiger partial charge in [0.15, 0.2) is 0 Å². The molecule has 1 unspecified atom stereocenters. The number of aryl methyl sites for hydroxylation is 1. The molecule has 1 aliphatic heterocycles. The third-order valence-corrected chi connectivity index (χ3v) is 2.88. The molecule has 7 heteroatoms. The zero-order valence-electron chi connectivity index (χ0n) is 10.5. The van der Waals surface area contributed by atoms with Crippen LogP contribution < -0.4 is 5.32 Å². The van der Waals surface area contributed by atoms with Crippen molar-refractivity contribution in [3.8, 4) is 0 Å². The molecule has 19 heavy (non-hydrogen) atoms. The number of hydrogen-bond donors (Lipinski definition) is 1. The molecule has 1 aromatic carbocycles. The lowest BCUT2D eigenvalue weighted by molar-refractivity contribution is -0.384. The smallest absolute Gasteiger partial charge is 0.295 e. The summed E-state index contributed by atoms with van der Waals surface area (Å²) in [4.78, 5) is 10.3. The fraction of sp³-hybridized carbons (Fsp3) is 0.500. The number of nitrogens with zero attached hydrogens (tertiary/aromatic N) is 1. The Kier molecular flexibility index (Phi) is 4.28. The number of nitro groups is 1. The lowest BCUT2D eigenvalue weighted by Crippen LogP contribution is -2.34. The summed E-state index contributed by atoms with van der Waals surface area (Å²) < 4.78 is 24.0. The van der Waals surface area contributed by atoms with E-state index in [2.05, 4.69) is 5.32 Å². The minimum Gasteiger partial charge on any atom is -0.377 e. The van der Waals surface area contributed by atoms with Crippen molar-refractivity contribution in [2.75, 3.05) is 31.7 Å². The van der Waals surface area contributed by atoms with Gasteiger partial charge in [-0.05, 0) is 18.6 Å². The van der Waals surface area contributed by atoms with Gasteiger partial charge in [0.2, 0.25) is 0 Å².